The van der Waals surface area contributed by atoms with Crippen LogP contribution in [0, 0.1) is 5.92 Å². The monoisotopic (exact) mass is 392 g/mol. The van der Waals surface area contributed by atoms with Crippen LogP contribution in [0.15, 0.2) is 47.8 Å². The van der Waals surface area contributed by atoms with E-state index < -0.39 is 17.8 Å². The van der Waals surface area contributed by atoms with Gasteiger partial charge in [0, 0.05) is 30.8 Å². The van der Waals surface area contributed by atoms with Crippen LogP contribution >= 0.6 is 0 Å². The van der Waals surface area contributed by atoms with Crippen LogP contribution in [0.3, 0.4) is 0 Å². The van der Waals surface area contributed by atoms with Gasteiger partial charge in [-0.1, -0.05) is 23.4 Å². The van der Waals surface area contributed by atoms with Gasteiger partial charge in [-0.2, -0.15) is 13.2 Å². The molecule has 1 heterocycles. The third kappa shape index (κ3) is 5.80. The fourth-order valence-corrected chi connectivity index (χ4v) is 2.50. The lowest BCUT2D eigenvalue weighted by Gasteiger charge is -2.11. The number of aldehydes is 1. The van der Waals surface area contributed by atoms with Gasteiger partial charge in [-0.25, -0.2) is 4.98 Å². The second-order valence-electron chi connectivity index (χ2n) is 6.52. The SMILES string of the molecule is O=CC(Oc1ccc(CC=NOCc2ccc(C(F)(F)F)cc2)cn1)C1CC1. The standard InChI is InChI=1S/C20H19F3N2O3/c21-20(22,23)17-6-1-15(2-7-17)13-27-25-10-9-14-3-8-19(24-11-14)28-18(12-26)16-4-5-16/h1-3,6-8,10-12,16,18H,4-5,9,13H2. The summed E-state index contributed by atoms with van der Waals surface area (Å²) >= 11 is 0. The third-order valence-corrected chi connectivity index (χ3v) is 4.26. The third-order valence-electron chi connectivity index (χ3n) is 4.26. The first kappa shape index (κ1) is 19.9. The first-order valence-corrected chi connectivity index (χ1v) is 8.82. The van der Waals surface area contributed by atoms with Crippen molar-refractivity contribution in [2.45, 2.75) is 38.1 Å². The van der Waals surface area contributed by atoms with Gasteiger partial charge < -0.3 is 9.57 Å². The summed E-state index contributed by atoms with van der Waals surface area (Å²) in [7, 11) is 0. The van der Waals surface area contributed by atoms with E-state index in [9.17, 15) is 18.0 Å². The maximum absolute atomic E-state index is 12.5. The van der Waals surface area contributed by atoms with E-state index in [0.717, 1.165) is 36.8 Å². The maximum atomic E-state index is 12.5. The first-order chi connectivity index (χ1) is 13.5. The Morgan fingerprint density at radius 2 is 1.86 bits per heavy atom. The minimum atomic E-state index is -4.35. The molecule has 8 heteroatoms. The van der Waals surface area contributed by atoms with E-state index in [1.165, 1.54) is 12.1 Å². The minimum absolute atomic E-state index is 0.0773. The second kappa shape index (κ2) is 8.86. The smallest absolute Gasteiger partial charge is 0.416 e. The molecule has 0 aliphatic heterocycles. The van der Waals surface area contributed by atoms with Crippen molar-refractivity contribution in [2.24, 2.45) is 11.1 Å². The Kier molecular flexibility index (Phi) is 6.28. The van der Waals surface area contributed by atoms with Gasteiger partial charge >= 0.3 is 6.18 Å². The number of pyridine rings is 1. The Hall–Kier alpha value is -2.90. The van der Waals surface area contributed by atoms with Crippen LogP contribution in [0.2, 0.25) is 0 Å². The van der Waals surface area contributed by atoms with Gasteiger partial charge in [0.25, 0.3) is 0 Å². The second-order valence-corrected chi connectivity index (χ2v) is 6.52. The van der Waals surface area contributed by atoms with Crippen molar-refractivity contribution in [3.8, 4) is 5.88 Å². The number of benzene rings is 1. The quantitative estimate of drug-likeness (QED) is 0.365. The van der Waals surface area contributed by atoms with E-state index in [2.05, 4.69) is 10.1 Å². The summed E-state index contributed by atoms with van der Waals surface area (Å²) in [6, 6.07) is 8.25. The number of rotatable bonds is 9. The van der Waals surface area contributed by atoms with Gasteiger partial charge in [-0.05, 0) is 36.1 Å². The van der Waals surface area contributed by atoms with Crippen LogP contribution in [-0.4, -0.2) is 23.6 Å². The van der Waals surface area contributed by atoms with E-state index in [4.69, 9.17) is 9.57 Å². The van der Waals surface area contributed by atoms with Crippen molar-refractivity contribution in [1.29, 1.82) is 0 Å². The summed E-state index contributed by atoms with van der Waals surface area (Å²) < 4.78 is 43.0. The molecule has 28 heavy (non-hydrogen) atoms. The van der Waals surface area contributed by atoms with Gasteiger partial charge in [-0.3, -0.25) is 4.79 Å². The fraction of sp³-hybridized carbons (Fsp3) is 0.350. The lowest BCUT2D eigenvalue weighted by Crippen LogP contribution is -2.20. The normalized spacial score (nSPS) is 15.4. The molecule has 3 rings (SSSR count). The Balaban J connectivity index is 1.41. The van der Waals surface area contributed by atoms with Crippen molar-refractivity contribution in [3.05, 3.63) is 59.3 Å². The minimum Gasteiger partial charge on any atom is -0.466 e. The molecule has 0 saturated heterocycles. The van der Waals surface area contributed by atoms with Crippen LogP contribution < -0.4 is 4.74 Å². The molecule has 0 spiro atoms. The summed E-state index contributed by atoms with van der Waals surface area (Å²) in [5, 5.41) is 3.80. The maximum Gasteiger partial charge on any atom is 0.416 e. The van der Waals surface area contributed by atoms with Crippen molar-refractivity contribution in [3.63, 3.8) is 0 Å². The molecule has 1 saturated carbocycles. The zero-order valence-corrected chi connectivity index (χ0v) is 14.9. The van der Waals surface area contributed by atoms with Crippen molar-refractivity contribution >= 4 is 12.5 Å². The molecule has 0 amide bonds. The van der Waals surface area contributed by atoms with Crippen LogP contribution in [-0.2, 0) is 28.8 Å². The number of halogens is 3. The van der Waals surface area contributed by atoms with Gasteiger partial charge in [0.15, 0.2) is 12.4 Å². The summed E-state index contributed by atoms with van der Waals surface area (Å²) in [5.74, 6) is 0.705. The highest BCUT2D eigenvalue weighted by Gasteiger charge is 2.33. The fourth-order valence-electron chi connectivity index (χ4n) is 2.50. The number of alkyl halides is 3. The highest BCUT2D eigenvalue weighted by molar-refractivity contribution is 5.60. The molecule has 5 nitrogen and oxygen atoms in total. The van der Waals surface area contributed by atoms with Crippen LogP contribution in [0.1, 0.15) is 29.5 Å². The van der Waals surface area contributed by atoms with Crippen molar-refractivity contribution in [1.82, 2.24) is 4.98 Å². The summed E-state index contributed by atoms with van der Waals surface area (Å²) in [4.78, 5) is 20.3. The topological polar surface area (TPSA) is 60.8 Å². The zero-order valence-electron chi connectivity index (χ0n) is 14.9. The molecule has 1 aliphatic rings. The van der Waals surface area contributed by atoms with E-state index >= 15 is 0 Å². The molecule has 1 aromatic carbocycles. The highest BCUT2D eigenvalue weighted by Crippen LogP contribution is 2.33. The van der Waals surface area contributed by atoms with Gasteiger partial charge in [0.1, 0.15) is 6.61 Å². The molecule has 2 aromatic rings. The van der Waals surface area contributed by atoms with Crippen molar-refractivity contribution in [2.75, 3.05) is 0 Å². The molecule has 148 valence electrons. The van der Waals surface area contributed by atoms with Crippen LogP contribution in [0.25, 0.3) is 0 Å². The molecule has 1 atom stereocenters. The molecule has 1 fully saturated rings. The molecule has 0 radical (unpaired) electrons. The number of hydrogen-bond acceptors (Lipinski definition) is 5. The number of hydrogen-bond donors (Lipinski definition) is 0. The molecular formula is C20H19F3N2O3. The molecule has 1 aromatic heterocycles. The number of oxime groups is 1. The number of nitrogens with zero attached hydrogens (tertiary/aromatic N) is 2. The molecule has 0 bridgehead atoms. The number of ether oxygens (including phenoxy) is 1. The van der Waals surface area contributed by atoms with Gasteiger partial charge in [0.2, 0.25) is 5.88 Å². The average Bonchev–Trinajstić information content (AvgIpc) is 3.52. The Bertz CT molecular complexity index is 801. The largest absolute Gasteiger partial charge is 0.466 e. The lowest BCUT2D eigenvalue weighted by molar-refractivity contribution is -0.137. The predicted molar refractivity (Wildman–Crippen MR) is 95.9 cm³/mol. The Morgan fingerprint density at radius 1 is 1.14 bits per heavy atom. The summed E-state index contributed by atoms with van der Waals surface area (Å²) in [6.45, 7) is 0.0773. The lowest BCUT2D eigenvalue weighted by atomic mass is 10.1. The molecular weight excluding hydrogens is 373 g/mol. The van der Waals surface area contributed by atoms with Gasteiger partial charge in [0.05, 0.1) is 5.56 Å². The van der Waals surface area contributed by atoms with E-state index in [1.54, 1.807) is 18.5 Å². The molecule has 1 unspecified atom stereocenters. The average molecular weight is 392 g/mol. The predicted octanol–water partition coefficient (Wildman–Crippen LogP) is 4.20. The highest BCUT2D eigenvalue weighted by atomic mass is 19.4. The Labute approximate surface area is 160 Å². The number of carbonyl (C=O) groups is 1. The summed E-state index contributed by atoms with van der Waals surface area (Å²) in [5.41, 5.74) is 0.772. The summed E-state index contributed by atoms with van der Waals surface area (Å²) in [6.07, 6.45) is 1.69. The molecule has 1 aliphatic carbocycles. The van der Waals surface area contributed by atoms with Crippen molar-refractivity contribution < 1.29 is 27.5 Å². The van der Waals surface area contributed by atoms with Crippen LogP contribution in [0.5, 0.6) is 5.88 Å². The van der Waals surface area contributed by atoms with Crippen LogP contribution in [0.4, 0.5) is 13.2 Å². The Morgan fingerprint density at radius 3 is 2.43 bits per heavy atom. The number of carbonyl (C=O) groups excluding carboxylic acids is 1. The van der Waals surface area contributed by atoms with E-state index in [-0.39, 0.29) is 6.61 Å². The van der Waals surface area contributed by atoms with Gasteiger partial charge in [-0.15, -0.1) is 0 Å². The number of aromatic nitrogens is 1. The van der Waals surface area contributed by atoms with E-state index in [0.29, 0.717) is 23.8 Å². The molecule has 0 N–H and O–H groups in total. The zero-order chi connectivity index (χ0) is 20.0. The first-order valence-electron chi connectivity index (χ1n) is 8.82. The van der Waals surface area contributed by atoms with E-state index in [1.807, 2.05) is 6.07 Å².